The van der Waals surface area contributed by atoms with Crippen LogP contribution in [0, 0.1) is 18.7 Å². The molecule has 4 heteroatoms. The largest absolute Gasteiger partial charge is 0.371 e. The van der Waals surface area contributed by atoms with Crippen LogP contribution in [0.4, 0.5) is 10.1 Å². The lowest BCUT2D eigenvalue weighted by atomic mass is 9.94. The first-order valence-corrected chi connectivity index (χ1v) is 8.95. The summed E-state index contributed by atoms with van der Waals surface area (Å²) in [5.41, 5.74) is 1.62. The number of benzene rings is 1. The van der Waals surface area contributed by atoms with E-state index in [0.717, 1.165) is 57.5 Å². The number of carbonyl (C=O) groups is 1. The van der Waals surface area contributed by atoms with Crippen LogP contribution in [0.15, 0.2) is 18.2 Å². The van der Waals surface area contributed by atoms with Gasteiger partial charge in [0, 0.05) is 37.8 Å². The standard InChI is InChI=1S/C19H27FN2O/c1-15-6-7-17(14-18(15)20)21-12-8-16(9-13-21)19(23)22-10-4-2-3-5-11-22/h6-7,14,16H,2-5,8-13H2,1H3. The Morgan fingerprint density at radius 3 is 2.30 bits per heavy atom. The Bertz CT molecular complexity index is 544. The molecule has 23 heavy (non-hydrogen) atoms. The van der Waals surface area contributed by atoms with Crippen LogP contribution < -0.4 is 4.90 Å². The predicted molar refractivity (Wildman–Crippen MR) is 91.1 cm³/mol. The number of aryl methyl sites for hydroxylation is 1. The zero-order valence-electron chi connectivity index (χ0n) is 14.1. The summed E-state index contributed by atoms with van der Waals surface area (Å²) >= 11 is 0. The molecule has 0 saturated carbocycles. The maximum atomic E-state index is 13.7. The van der Waals surface area contributed by atoms with Gasteiger partial charge in [-0.2, -0.15) is 0 Å². The van der Waals surface area contributed by atoms with Crippen LogP contribution in [0.5, 0.6) is 0 Å². The molecule has 3 rings (SSSR count). The Balaban J connectivity index is 1.57. The van der Waals surface area contributed by atoms with E-state index >= 15 is 0 Å². The molecule has 0 spiro atoms. The Morgan fingerprint density at radius 2 is 1.70 bits per heavy atom. The number of rotatable bonds is 2. The number of piperidine rings is 1. The van der Waals surface area contributed by atoms with Gasteiger partial charge in [-0.25, -0.2) is 4.39 Å². The molecule has 1 amide bonds. The smallest absolute Gasteiger partial charge is 0.225 e. The molecule has 3 nitrogen and oxygen atoms in total. The van der Waals surface area contributed by atoms with E-state index in [9.17, 15) is 9.18 Å². The fourth-order valence-electron chi connectivity index (χ4n) is 3.71. The number of hydrogen-bond acceptors (Lipinski definition) is 2. The van der Waals surface area contributed by atoms with Crippen molar-refractivity contribution < 1.29 is 9.18 Å². The average molecular weight is 318 g/mol. The highest BCUT2D eigenvalue weighted by molar-refractivity contribution is 5.79. The molecule has 0 radical (unpaired) electrons. The summed E-state index contributed by atoms with van der Waals surface area (Å²) in [7, 11) is 0. The zero-order chi connectivity index (χ0) is 16.2. The molecule has 2 heterocycles. The van der Waals surface area contributed by atoms with Gasteiger partial charge in [-0.05, 0) is 50.3 Å². The Morgan fingerprint density at radius 1 is 1.04 bits per heavy atom. The second-order valence-corrected chi connectivity index (χ2v) is 6.93. The molecular weight excluding hydrogens is 291 g/mol. The minimum Gasteiger partial charge on any atom is -0.371 e. The fourth-order valence-corrected chi connectivity index (χ4v) is 3.71. The molecule has 0 bridgehead atoms. The van der Waals surface area contributed by atoms with E-state index in [2.05, 4.69) is 9.80 Å². The molecule has 2 aliphatic heterocycles. The van der Waals surface area contributed by atoms with E-state index in [-0.39, 0.29) is 11.7 Å². The Labute approximate surface area is 138 Å². The van der Waals surface area contributed by atoms with Crippen molar-refractivity contribution in [1.29, 1.82) is 0 Å². The van der Waals surface area contributed by atoms with Crippen molar-refractivity contribution in [2.75, 3.05) is 31.1 Å². The highest BCUT2D eigenvalue weighted by Crippen LogP contribution is 2.26. The third-order valence-electron chi connectivity index (χ3n) is 5.28. The molecule has 2 aliphatic rings. The van der Waals surface area contributed by atoms with Crippen LogP contribution in [-0.2, 0) is 4.79 Å². The van der Waals surface area contributed by atoms with Crippen molar-refractivity contribution in [3.05, 3.63) is 29.6 Å². The van der Waals surface area contributed by atoms with Crippen molar-refractivity contribution in [2.24, 2.45) is 5.92 Å². The van der Waals surface area contributed by atoms with Crippen molar-refractivity contribution in [2.45, 2.75) is 45.4 Å². The van der Waals surface area contributed by atoms with Gasteiger partial charge in [-0.15, -0.1) is 0 Å². The average Bonchev–Trinajstić information content (AvgIpc) is 2.86. The summed E-state index contributed by atoms with van der Waals surface area (Å²) < 4.78 is 13.7. The molecule has 0 N–H and O–H groups in total. The second-order valence-electron chi connectivity index (χ2n) is 6.93. The number of nitrogens with zero attached hydrogens (tertiary/aromatic N) is 2. The topological polar surface area (TPSA) is 23.6 Å². The predicted octanol–water partition coefficient (Wildman–Crippen LogP) is 3.75. The van der Waals surface area contributed by atoms with Gasteiger partial charge in [0.25, 0.3) is 0 Å². The number of anilines is 1. The molecule has 2 fully saturated rings. The van der Waals surface area contributed by atoms with Gasteiger partial charge in [0.05, 0.1) is 0 Å². The van der Waals surface area contributed by atoms with E-state index < -0.39 is 0 Å². The number of hydrogen-bond donors (Lipinski definition) is 0. The normalized spacial score (nSPS) is 20.4. The SMILES string of the molecule is Cc1ccc(N2CCC(C(=O)N3CCCCCC3)CC2)cc1F. The molecular formula is C19H27FN2O. The van der Waals surface area contributed by atoms with E-state index in [1.807, 2.05) is 12.1 Å². The van der Waals surface area contributed by atoms with Crippen LogP contribution in [0.25, 0.3) is 0 Å². The van der Waals surface area contributed by atoms with Gasteiger partial charge < -0.3 is 9.80 Å². The van der Waals surface area contributed by atoms with Crippen LogP contribution in [-0.4, -0.2) is 37.0 Å². The first kappa shape index (κ1) is 16.3. The monoisotopic (exact) mass is 318 g/mol. The third-order valence-corrected chi connectivity index (χ3v) is 5.28. The molecule has 1 aromatic carbocycles. The molecule has 0 unspecified atom stereocenters. The second kappa shape index (κ2) is 7.33. The summed E-state index contributed by atoms with van der Waals surface area (Å²) in [5.74, 6) is 0.353. The van der Waals surface area contributed by atoms with Gasteiger partial charge in [0.2, 0.25) is 5.91 Å². The fraction of sp³-hybridized carbons (Fsp3) is 0.632. The van der Waals surface area contributed by atoms with Gasteiger partial charge in [-0.1, -0.05) is 18.9 Å². The molecule has 2 saturated heterocycles. The maximum absolute atomic E-state index is 13.7. The van der Waals surface area contributed by atoms with Gasteiger partial charge in [0.1, 0.15) is 5.82 Å². The van der Waals surface area contributed by atoms with E-state index in [1.165, 1.54) is 12.8 Å². The van der Waals surface area contributed by atoms with E-state index in [0.29, 0.717) is 11.5 Å². The Hall–Kier alpha value is -1.58. The summed E-state index contributed by atoms with van der Waals surface area (Å²) in [6.07, 6.45) is 6.55. The van der Waals surface area contributed by atoms with E-state index in [1.54, 1.807) is 13.0 Å². The van der Waals surface area contributed by atoms with Gasteiger partial charge in [0.15, 0.2) is 0 Å². The van der Waals surface area contributed by atoms with Crippen molar-refractivity contribution in [1.82, 2.24) is 4.90 Å². The number of amides is 1. The first-order chi connectivity index (χ1) is 11.1. The van der Waals surface area contributed by atoms with Crippen LogP contribution in [0.1, 0.15) is 44.1 Å². The maximum Gasteiger partial charge on any atom is 0.225 e. The highest BCUT2D eigenvalue weighted by atomic mass is 19.1. The lowest BCUT2D eigenvalue weighted by molar-refractivity contribution is -0.136. The number of halogens is 1. The summed E-state index contributed by atoms with van der Waals surface area (Å²) in [5, 5.41) is 0. The van der Waals surface area contributed by atoms with E-state index in [4.69, 9.17) is 0 Å². The number of likely N-dealkylation sites (tertiary alicyclic amines) is 1. The zero-order valence-corrected chi connectivity index (χ0v) is 14.1. The minimum atomic E-state index is -0.148. The first-order valence-electron chi connectivity index (χ1n) is 8.95. The quantitative estimate of drug-likeness (QED) is 0.829. The van der Waals surface area contributed by atoms with Crippen molar-refractivity contribution in [3.63, 3.8) is 0 Å². The van der Waals surface area contributed by atoms with Gasteiger partial charge >= 0.3 is 0 Å². The lowest BCUT2D eigenvalue weighted by Crippen LogP contribution is -2.43. The minimum absolute atomic E-state index is 0.148. The molecule has 1 aromatic rings. The van der Waals surface area contributed by atoms with Crippen LogP contribution >= 0.6 is 0 Å². The Kier molecular flexibility index (Phi) is 5.19. The molecule has 0 aromatic heterocycles. The summed E-state index contributed by atoms with van der Waals surface area (Å²) in [6, 6.07) is 5.43. The lowest BCUT2D eigenvalue weighted by Gasteiger charge is -2.35. The van der Waals surface area contributed by atoms with Crippen LogP contribution in [0.2, 0.25) is 0 Å². The third kappa shape index (κ3) is 3.85. The van der Waals surface area contributed by atoms with Crippen LogP contribution in [0.3, 0.4) is 0 Å². The summed E-state index contributed by atoms with van der Waals surface area (Å²) in [6.45, 7) is 5.33. The number of carbonyl (C=O) groups excluding carboxylic acids is 1. The summed E-state index contributed by atoms with van der Waals surface area (Å²) in [4.78, 5) is 17.0. The highest BCUT2D eigenvalue weighted by Gasteiger charge is 2.29. The molecule has 0 atom stereocenters. The molecule has 0 aliphatic carbocycles. The molecule has 126 valence electrons. The van der Waals surface area contributed by atoms with Crippen molar-refractivity contribution >= 4 is 11.6 Å². The van der Waals surface area contributed by atoms with Gasteiger partial charge in [-0.3, -0.25) is 4.79 Å². The van der Waals surface area contributed by atoms with Crippen molar-refractivity contribution in [3.8, 4) is 0 Å².